The van der Waals surface area contributed by atoms with Gasteiger partial charge in [0.2, 0.25) is 11.8 Å². The van der Waals surface area contributed by atoms with Gasteiger partial charge in [-0.1, -0.05) is 0 Å². The van der Waals surface area contributed by atoms with Crippen LogP contribution in [0.25, 0.3) is 0 Å². The van der Waals surface area contributed by atoms with Crippen LogP contribution in [0.2, 0.25) is 0 Å². The Labute approximate surface area is 117 Å². The first-order valence-electron chi connectivity index (χ1n) is 7.25. The third-order valence-electron chi connectivity index (χ3n) is 4.18. The average molecular weight is 276 g/mol. The van der Waals surface area contributed by atoms with Crippen LogP contribution < -0.4 is 5.32 Å². The lowest BCUT2D eigenvalue weighted by Crippen LogP contribution is -2.42. The summed E-state index contributed by atoms with van der Waals surface area (Å²) >= 11 is 0. The number of nitrogens with one attached hydrogen (secondary N) is 2. The summed E-state index contributed by atoms with van der Waals surface area (Å²) in [5, 5.41) is 9.55. The minimum atomic E-state index is -0.0130. The van der Waals surface area contributed by atoms with Crippen LogP contribution in [0.4, 0.5) is 5.82 Å². The van der Waals surface area contributed by atoms with Gasteiger partial charge in [-0.25, -0.2) is 0 Å². The quantitative estimate of drug-likeness (QED) is 0.873. The van der Waals surface area contributed by atoms with Gasteiger partial charge in [0.1, 0.15) is 5.82 Å². The Morgan fingerprint density at radius 2 is 1.95 bits per heavy atom. The maximum Gasteiger partial charge on any atom is 0.228 e. The number of rotatable bonds is 3. The molecule has 2 aliphatic rings. The van der Waals surface area contributed by atoms with Crippen molar-refractivity contribution < 1.29 is 9.59 Å². The van der Waals surface area contributed by atoms with E-state index in [1.54, 1.807) is 6.20 Å². The molecule has 1 aromatic heterocycles. The molecule has 0 aromatic carbocycles. The van der Waals surface area contributed by atoms with Gasteiger partial charge in [0.05, 0.1) is 6.20 Å². The fourth-order valence-electron chi connectivity index (χ4n) is 2.65. The fraction of sp³-hybridized carbons (Fsp3) is 0.643. The van der Waals surface area contributed by atoms with Crippen LogP contribution in [0.5, 0.6) is 0 Å². The van der Waals surface area contributed by atoms with Crippen molar-refractivity contribution in [1.29, 1.82) is 0 Å². The Hall–Kier alpha value is -1.85. The van der Waals surface area contributed by atoms with Gasteiger partial charge >= 0.3 is 0 Å². The molecule has 6 heteroatoms. The molecule has 108 valence electrons. The number of hydrogen-bond acceptors (Lipinski definition) is 3. The van der Waals surface area contributed by atoms with E-state index in [9.17, 15) is 9.59 Å². The molecule has 0 atom stereocenters. The second-order valence-corrected chi connectivity index (χ2v) is 5.79. The van der Waals surface area contributed by atoms with E-state index in [4.69, 9.17) is 0 Å². The van der Waals surface area contributed by atoms with Crippen LogP contribution in [0, 0.1) is 18.8 Å². The third kappa shape index (κ3) is 2.69. The Morgan fingerprint density at radius 3 is 2.50 bits per heavy atom. The highest BCUT2D eigenvalue weighted by Crippen LogP contribution is 2.32. The number of piperidine rings is 1. The SMILES string of the molecule is Cc1cn[nH]c1NC(=O)C1CCN(C(=O)C2CC2)CC1. The minimum absolute atomic E-state index is 0.0130. The molecule has 2 N–H and O–H groups in total. The van der Waals surface area contributed by atoms with E-state index in [0.29, 0.717) is 18.9 Å². The molecule has 2 fully saturated rings. The number of aromatic nitrogens is 2. The highest BCUT2D eigenvalue weighted by Gasteiger charge is 2.36. The summed E-state index contributed by atoms with van der Waals surface area (Å²) in [7, 11) is 0. The van der Waals surface area contributed by atoms with Gasteiger partial charge in [-0.2, -0.15) is 5.10 Å². The van der Waals surface area contributed by atoms with E-state index in [2.05, 4.69) is 15.5 Å². The highest BCUT2D eigenvalue weighted by atomic mass is 16.2. The molecule has 20 heavy (non-hydrogen) atoms. The number of aryl methyl sites for hydroxylation is 1. The standard InChI is InChI=1S/C14H20N4O2/c1-9-8-15-17-12(9)16-13(19)10-4-6-18(7-5-10)14(20)11-2-3-11/h8,10-11H,2-7H2,1H3,(H2,15,16,17,19). The number of nitrogens with zero attached hydrogens (tertiary/aromatic N) is 2. The van der Waals surface area contributed by atoms with Gasteiger partial charge in [-0.3, -0.25) is 14.7 Å². The van der Waals surface area contributed by atoms with Crippen LogP contribution >= 0.6 is 0 Å². The number of carbonyl (C=O) groups excluding carboxylic acids is 2. The summed E-state index contributed by atoms with van der Waals surface area (Å²) in [6.07, 6.45) is 5.26. The lowest BCUT2D eigenvalue weighted by molar-refractivity contribution is -0.135. The first-order valence-corrected chi connectivity index (χ1v) is 7.25. The number of carbonyl (C=O) groups is 2. The number of hydrogen-bond donors (Lipinski definition) is 2. The van der Waals surface area contributed by atoms with E-state index < -0.39 is 0 Å². The lowest BCUT2D eigenvalue weighted by Gasteiger charge is -2.31. The van der Waals surface area contributed by atoms with Crippen LogP contribution in [0.15, 0.2) is 6.20 Å². The molecular formula is C14H20N4O2. The summed E-state index contributed by atoms with van der Waals surface area (Å²) in [5.41, 5.74) is 0.930. The number of H-pyrrole nitrogens is 1. The Morgan fingerprint density at radius 1 is 1.25 bits per heavy atom. The van der Waals surface area contributed by atoms with Gasteiger partial charge in [0.15, 0.2) is 0 Å². The second kappa shape index (κ2) is 5.26. The molecule has 1 saturated carbocycles. The van der Waals surface area contributed by atoms with Crippen molar-refractivity contribution in [1.82, 2.24) is 15.1 Å². The molecule has 1 aliphatic heterocycles. The number of aromatic amines is 1. The van der Waals surface area contributed by atoms with Crippen molar-refractivity contribution in [3.05, 3.63) is 11.8 Å². The molecule has 2 heterocycles. The smallest absolute Gasteiger partial charge is 0.228 e. The maximum atomic E-state index is 12.2. The van der Waals surface area contributed by atoms with E-state index in [0.717, 1.165) is 31.2 Å². The summed E-state index contributed by atoms with van der Waals surface area (Å²) in [4.78, 5) is 26.0. The Bertz CT molecular complexity index is 513. The predicted octanol–water partition coefficient (Wildman–Crippen LogP) is 1.31. The van der Waals surface area contributed by atoms with E-state index in [-0.39, 0.29) is 23.7 Å². The summed E-state index contributed by atoms with van der Waals surface area (Å²) in [6, 6.07) is 0. The monoisotopic (exact) mass is 276 g/mol. The van der Waals surface area contributed by atoms with E-state index in [1.807, 2.05) is 11.8 Å². The number of amides is 2. The van der Waals surface area contributed by atoms with Crippen LogP contribution in [-0.2, 0) is 9.59 Å². The molecule has 3 rings (SSSR count). The zero-order valence-electron chi connectivity index (χ0n) is 11.7. The maximum absolute atomic E-state index is 12.2. The zero-order chi connectivity index (χ0) is 14.1. The van der Waals surface area contributed by atoms with E-state index in [1.165, 1.54) is 0 Å². The molecule has 2 amide bonds. The predicted molar refractivity (Wildman–Crippen MR) is 74.0 cm³/mol. The first kappa shape index (κ1) is 13.1. The van der Waals surface area contributed by atoms with Crippen LogP contribution in [0.1, 0.15) is 31.2 Å². The molecular weight excluding hydrogens is 256 g/mol. The summed E-state index contributed by atoms with van der Waals surface area (Å²) in [6.45, 7) is 3.31. The Balaban J connectivity index is 1.51. The molecule has 0 bridgehead atoms. The van der Waals surface area contributed by atoms with Gasteiger partial charge in [-0.05, 0) is 32.6 Å². The third-order valence-corrected chi connectivity index (χ3v) is 4.18. The van der Waals surface area contributed by atoms with Crippen molar-refractivity contribution >= 4 is 17.6 Å². The zero-order valence-corrected chi connectivity index (χ0v) is 11.7. The van der Waals surface area contributed by atoms with Crippen LogP contribution in [0.3, 0.4) is 0 Å². The first-order chi connectivity index (χ1) is 9.65. The van der Waals surface area contributed by atoms with Crippen molar-refractivity contribution in [2.45, 2.75) is 32.6 Å². The average Bonchev–Trinajstić information content (AvgIpc) is 3.23. The molecule has 6 nitrogen and oxygen atoms in total. The summed E-state index contributed by atoms with van der Waals surface area (Å²) in [5.74, 6) is 1.24. The van der Waals surface area contributed by atoms with Gasteiger partial charge in [-0.15, -0.1) is 0 Å². The normalized spacial score (nSPS) is 19.9. The molecule has 0 radical (unpaired) electrons. The lowest BCUT2D eigenvalue weighted by atomic mass is 9.95. The van der Waals surface area contributed by atoms with Gasteiger partial charge in [0, 0.05) is 30.5 Å². The summed E-state index contributed by atoms with van der Waals surface area (Å²) < 4.78 is 0. The molecule has 1 aromatic rings. The van der Waals surface area contributed by atoms with Crippen molar-refractivity contribution in [2.75, 3.05) is 18.4 Å². The van der Waals surface area contributed by atoms with Crippen molar-refractivity contribution in [2.24, 2.45) is 11.8 Å². The Kier molecular flexibility index (Phi) is 3.46. The number of likely N-dealkylation sites (tertiary alicyclic amines) is 1. The topological polar surface area (TPSA) is 78.1 Å². The van der Waals surface area contributed by atoms with Crippen LogP contribution in [-0.4, -0.2) is 40.0 Å². The van der Waals surface area contributed by atoms with Crippen molar-refractivity contribution in [3.63, 3.8) is 0 Å². The molecule has 1 saturated heterocycles. The molecule has 0 unspecified atom stereocenters. The van der Waals surface area contributed by atoms with Crippen molar-refractivity contribution in [3.8, 4) is 0 Å². The second-order valence-electron chi connectivity index (χ2n) is 5.79. The highest BCUT2D eigenvalue weighted by molar-refractivity contribution is 5.92. The molecule has 0 spiro atoms. The fourth-order valence-corrected chi connectivity index (χ4v) is 2.65. The number of anilines is 1. The largest absolute Gasteiger partial charge is 0.342 e. The van der Waals surface area contributed by atoms with Gasteiger partial charge in [0.25, 0.3) is 0 Å². The molecule has 1 aliphatic carbocycles. The van der Waals surface area contributed by atoms with Gasteiger partial charge < -0.3 is 10.2 Å². The minimum Gasteiger partial charge on any atom is -0.342 e. The van der Waals surface area contributed by atoms with E-state index >= 15 is 0 Å².